The van der Waals surface area contributed by atoms with E-state index in [0.717, 1.165) is 11.3 Å². The zero-order chi connectivity index (χ0) is 21.1. The van der Waals surface area contributed by atoms with Crippen LogP contribution in [0, 0.1) is 13.8 Å². The van der Waals surface area contributed by atoms with Crippen LogP contribution in [0.2, 0.25) is 0 Å². The van der Waals surface area contributed by atoms with Gasteiger partial charge in [0.2, 0.25) is 0 Å². The molecule has 0 unspecified atom stereocenters. The van der Waals surface area contributed by atoms with Crippen molar-refractivity contribution >= 4 is 45.1 Å². The van der Waals surface area contributed by atoms with Crippen LogP contribution in [0.15, 0.2) is 29.1 Å². The molecule has 150 valence electrons. The fourth-order valence-corrected chi connectivity index (χ4v) is 3.77. The van der Waals surface area contributed by atoms with Gasteiger partial charge in [0.25, 0.3) is 11.5 Å². The zero-order valence-corrected chi connectivity index (χ0v) is 16.6. The summed E-state index contributed by atoms with van der Waals surface area (Å²) in [5, 5.41) is 2.89. The third-order valence-electron chi connectivity index (χ3n) is 4.03. The number of rotatable bonds is 5. The maximum atomic E-state index is 12.4. The molecule has 0 aliphatic heterocycles. The number of carbonyl (C=O) groups is 3. The predicted octanol–water partition coefficient (Wildman–Crippen LogP) is 2.18. The van der Waals surface area contributed by atoms with Crippen molar-refractivity contribution in [3.63, 3.8) is 0 Å². The van der Waals surface area contributed by atoms with Crippen molar-refractivity contribution < 1.29 is 23.9 Å². The SMILES string of the molecule is COC(=O)c1ccc(NC(=O)COC(=O)c2sc3nc(C)[nH]c(=O)c3c2C)cc1. The summed E-state index contributed by atoms with van der Waals surface area (Å²) in [7, 11) is 1.28. The average molecular weight is 415 g/mol. The van der Waals surface area contributed by atoms with Gasteiger partial charge in [0, 0.05) is 5.69 Å². The Morgan fingerprint density at radius 1 is 1.14 bits per heavy atom. The van der Waals surface area contributed by atoms with Crippen molar-refractivity contribution in [1.82, 2.24) is 9.97 Å². The Hall–Kier alpha value is -3.53. The number of amides is 1. The van der Waals surface area contributed by atoms with Crippen LogP contribution in [-0.4, -0.2) is 41.5 Å². The van der Waals surface area contributed by atoms with Crippen LogP contribution in [-0.2, 0) is 14.3 Å². The van der Waals surface area contributed by atoms with E-state index in [-0.39, 0.29) is 10.4 Å². The number of thiophene rings is 1. The van der Waals surface area contributed by atoms with Crippen molar-refractivity contribution in [1.29, 1.82) is 0 Å². The first-order valence-corrected chi connectivity index (χ1v) is 9.27. The lowest BCUT2D eigenvalue weighted by Gasteiger charge is -2.07. The monoisotopic (exact) mass is 415 g/mol. The number of aromatic nitrogens is 2. The van der Waals surface area contributed by atoms with Crippen molar-refractivity contribution in [2.45, 2.75) is 13.8 Å². The minimum absolute atomic E-state index is 0.221. The van der Waals surface area contributed by atoms with E-state index in [9.17, 15) is 19.2 Å². The van der Waals surface area contributed by atoms with E-state index >= 15 is 0 Å². The topological polar surface area (TPSA) is 127 Å². The van der Waals surface area contributed by atoms with Crippen molar-refractivity contribution in [3.8, 4) is 0 Å². The van der Waals surface area contributed by atoms with Gasteiger partial charge in [-0.05, 0) is 43.7 Å². The van der Waals surface area contributed by atoms with Gasteiger partial charge in [-0.1, -0.05) is 0 Å². The molecular weight excluding hydrogens is 398 g/mol. The third kappa shape index (κ3) is 4.32. The Labute approximate surface area is 168 Å². The molecule has 2 N–H and O–H groups in total. The van der Waals surface area contributed by atoms with Gasteiger partial charge in [0.15, 0.2) is 6.61 Å². The molecule has 0 bridgehead atoms. The summed E-state index contributed by atoms with van der Waals surface area (Å²) in [5.41, 5.74) is 0.912. The number of nitrogens with one attached hydrogen (secondary N) is 2. The molecule has 0 spiro atoms. The van der Waals surface area contributed by atoms with Gasteiger partial charge < -0.3 is 19.8 Å². The number of benzene rings is 1. The van der Waals surface area contributed by atoms with Gasteiger partial charge >= 0.3 is 11.9 Å². The summed E-state index contributed by atoms with van der Waals surface area (Å²) >= 11 is 1.04. The molecule has 0 radical (unpaired) electrons. The van der Waals surface area contributed by atoms with Crippen LogP contribution in [0.4, 0.5) is 5.69 Å². The van der Waals surface area contributed by atoms with Crippen LogP contribution in [0.3, 0.4) is 0 Å². The number of esters is 2. The lowest BCUT2D eigenvalue weighted by molar-refractivity contribution is -0.119. The summed E-state index contributed by atoms with van der Waals surface area (Å²) < 4.78 is 9.67. The summed E-state index contributed by atoms with van der Waals surface area (Å²) in [6, 6.07) is 6.06. The molecule has 1 aromatic carbocycles. The zero-order valence-electron chi connectivity index (χ0n) is 15.8. The lowest BCUT2D eigenvalue weighted by Crippen LogP contribution is -2.21. The summed E-state index contributed by atoms with van der Waals surface area (Å²) in [6.07, 6.45) is 0. The Balaban J connectivity index is 1.65. The molecule has 0 aliphatic rings. The molecule has 29 heavy (non-hydrogen) atoms. The fraction of sp³-hybridized carbons (Fsp3) is 0.211. The molecule has 2 heterocycles. The number of aromatic amines is 1. The first-order chi connectivity index (χ1) is 13.8. The maximum absolute atomic E-state index is 12.4. The van der Waals surface area contributed by atoms with Gasteiger partial charge in [-0.2, -0.15) is 0 Å². The molecule has 3 aromatic rings. The molecule has 0 saturated carbocycles. The molecule has 9 nitrogen and oxygen atoms in total. The minimum Gasteiger partial charge on any atom is -0.465 e. The quantitative estimate of drug-likeness (QED) is 0.611. The standard InChI is InChI=1S/C19H17N3O6S/c1-9-14-16(24)20-10(2)21-17(14)29-15(9)19(26)28-8-13(23)22-12-6-4-11(5-7-12)18(25)27-3/h4-7H,8H2,1-3H3,(H,22,23)(H,20,21,24). The normalized spacial score (nSPS) is 10.6. The molecule has 1 amide bonds. The molecule has 0 atom stereocenters. The van der Waals surface area contributed by atoms with Crippen molar-refractivity contribution in [3.05, 3.63) is 56.4 Å². The van der Waals surface area contributed by atoms with Crippen LogP contribution < -0.4 is 10.9 Å². The number of anilines is 1. The van der Waals surface area contributed by atoms with Crippen LogP contribution in [0.1, 0.15) is 31.4 Å². The smallest absolute Gasteiger partial charge is 0.349 e. The third-order valence-corrected chi connectivity index (χ3v) is 5.19. The second-order valence-corrected chi connectivity index (χ2v) is 7.08. The van der Waals surface area contributed by atoms with E-state index in [1.807, 2.05) is 0 Å². The summed E-state index contributed by atoms with van der Waals surface area (Å²) in [5.74, 6) is -1.30. The molecule has 0 aliphatic carbocycles. The Morgan fingerprint density at radius 3 is 2.48 bits per heavy atom. The largest absolute Gasteiger partial charge is 0.465 e. The van der Waals surface area contributed by atoms with E-state index in [2.05, 4.69) is 20.0 Å². The Kier molecular flexibility index (Phi) is 5.74. The highest BCUT2D eigenvalue weighted by Crippen LogP contribution is 2.27. The Bertz CT molecular complexity index is 1160. The maximum Gasteiger partial charge on any atom is 0.349 e. The van der Waals surface area contributed by atoms with Gasteiger partial charge in [-0.25, -0.2) is 14.6 Å². The van der Waals surface area contributed by atoms with E-state index < -0.39 is 24.5 Å². The summed E-state index contributed by atoms with van der Waals surface area (Å²) in [4.78, 5) is 55.3. The Morgan fingerprint density at radius 2 is 1.83 bits per heavy atom. The van der Waals surface area contributed by atoms with Crippen molar-refractivity contribution in [2.24, 2.45) is 0 Å². The highest BCUT2D eigenvalue weighted by Gasteiger charge is 2.21. The highest BCUT2D eigenvalue weighted by molar-refractivity contribution is 7.20. The minimum atomic E-state index is -0.709. The van der Waals surface area contributed by atoms with E-state index in [1.165, 1.54) is 31.4 Å². The van der Waals surface area contributed by atoms with Crippen LogP contribution in [0.5, 0.6) is 0 Å². The number of hydrogen-bond donors (Lipinski definition) is 2. The molecule has 2 aromatic heterocycles. The number of nitrogens with zero attached hydrogens (tertiary/aromatic N) is 1. The van der Waals surface area contributed by atoms with Crippen molar-refractivity contribution in [2.75, 3.05) is 19.0 Å². The molecule has 0 fully saturated rings. The lowest BCUT2D eigenvalue weighted by atomic mass is 10.2. The number of carbonyl (C=O) groups excluding carboxylic acids is 3. The average Bonchev–Trinajstić information content (AvgIpc) is 3.02. The van der Waals surface area contributed by atoms with Gasteiger partial charge in [-0.3, -0.25) is 9.59 Å². The fourth-order valence-electron chi connectivity index (χ4n) is 2.65. The predicted molar refractivity (Wildman–Crippen MR) is 106 cm³/mol. The number of methoxy groups -OCH3 is 1. The number of fused-ring (bicyclic) bond motifs is 1. The number of hydrogen-bond acceptors (Lipinski definition) is 8. The van der Waals surface area contributed by atoms with E-state index in [0.29, 0.717) is 32.9 Å². The number of aryl methyl sites for hydroxylation is 2. The first-order valence-electron chi connectivity index (χ1n) is 8.45. The molecule has 3 rings (SSSR count). The molecular formula is C19H17N3O6S. The number of ether oxygens (including phenoxy) is 2. The van der Waals surface area contributed by atoms with E-state index in [1.54, 1.807) is 13.8 Å². The van der Waals surface area contributed by atoms with Crippen LogP contribution >= 0.6 is 11.3 Å². The van der Waals surface area contributed by atoms with Crippen LogP contribution in [0.25, 0.3) is 10.2 Å². The molecule has 10 heteroatoms. The molecule has 0 saturated heterocycles. The van der Waals surface area contributed by atoms with Gasteiger partial charge in [-0.15, -0.1) is 11.3 Å². The second-order valence-electron chi connectivity index (χ2n) is 6.08. The van der Waals surface area contributed by atoms with E-state index in [4.69, 9.17) is 4.74 Å². The summed E-state index contributed by atoms with van der Waals surface area (Å²) in [6.45, 7) is 2.77. The van der Waals surface area contributed by atoms with Gasteiger partial charge in [0.1, 0.15) is 15.5 Å². The second kappa shape index (κ2) is 8.23. The number of H-pyrrole nitrogens is 1. The highest BCUT2D eigenvalue weighted by atomic mass is 32.1. The first kappa shape index (κ1) is 20.2. The van der Waals surface area contributed by atoms with Gasteiger partial charge in [0.05, 0.1) is 18.1 Å².